The van der Waals surface area contributed by atoms with E-state index in [4.69, 9.17) is 0 Å². The molecule has 0 fully saturated rings. The van der Waals surface area contributed by atoms with Crippen LogP contribution < -0.4 is 0 Å². The predicted molar refractivity (Wildman–Crippen MR) is 85.7 cm³/mol. The lowest BCUT2D eigenvalue weighted by molar-refractivity contribution is 0.504. The fraction of sp³-hybridized carbons (Fsp3) is 0.444. The van der Waals surface area contributed by atoms with Gasteiger partial charge in [-0.05, 0) is 42.6 Å². The molecule has 1 aliphatic rings. The summed E-state index contributed by atoms with van der Waals surface area (Å²) >= 11 is 0. The Bertz CT molecular complexity index is 421. The van der Waals surface area contributed by atoms with Crippen molar-refractivity contribution in [2.75, 3.05) is 6.54 Å². The van der Waals surface area contributed by atoms with E-state index in [1.165, 1.54) is 17.6 Å². The standard InChI is InChI=1S/C18H27N/c1-6-9-10-17(13-15(4)7-2)18-11-12-19(8-3)16(5)14-18/h9-15H,5-8H2,1-4H3/b10-9+,17-13+/t15-/m1/s1. The van der Waals surface area contributed by atoms with Crippen LogP contribution in [0.4, 0.5) is 0 Å². The molecule has 0 aromatic heterocycles. The van der Waals surface area contributed by atoms with E-state index in [0.29, 0.717) is 5.92 Å². The Balaban J connectivity index is 3.00. The van der Waals surface area contributed by atoms with Gasteiger partial charge in [-0.15, -0.1) is 0 Å². The van der Waals surface area contributed by atoms with Crippen molar-refractivity contribution in [2.45, 2.75) is 40.5 Å². The lowest BCUT2D eigenvalue weighted by atomic mass is 9.96. The number of hydrogen-bond donors (Lipinski definition) is 0. The normalized spacial score (nSPS) is 18.1. The zero-order valence-electron chi connectivity index (χ0n) is 12.8. The zero-order chi connectivity index (χ0) is 14.3. The third kappa shape index (κ3) is 4.59. The van der Waals surface area contributed by atoms with Gasteiger partial charge < -0.3 is 4.90 Å². The minimum atomic E-state index is 0.600. The van der Waals surface area contributed by atoms with Crippen molar-refractivity contribution < 1.29 is 0 Å². The Morgan fingerprint density at radius 2 is 2.11 bits per heavy atom. The van der Waals surface area contributed by atoms with Crippen molar-refractivity contribution in [2.24, 2.45) is 5.92 Å². The SMILES string of the molecule is C=C1C=C(C(/C=C/CC)=C/[C@H](C)CC)C=CN1CC. The molecule has 0 aliphatic carbocycles. The van der Waals surface area contributed by atoms with E-state index in [2.05, 4.69) is 75.8 Å². The lowest BCUT2D eigenvalue weighted by Gasteiger charge is -2.23. The third-order valence-corrected chi connectivity index (χ3v) is 3.44. The first-order chi connectivity index (χ1) is 9.12. The van der Waals surface area contributed by atoms with Gasteiger partial charge in [-0.3, -0.25) is 0 Å². The largest absolute Gasteiger partial charge is 0.349 e. The molecule has 1 aliphatic heterocycles. The second-order valence-corrected chi connectivity index (χ2v) is 5.01. The van der Waals surface area contributed by atoms with Crippen molar-refractivity contribution in [3.8, 4) is 0 Å². The first-order valence-corrected chi connectivity index (χ1v) is 7.36. The van der Waals surface area contributed by atoms with E-state index >= 15 is 0 Å². The minimum Gasteiger partial charge on any atom is -0.349 e. The van der Waals surface area contributed by atoms with E-state index in [-0.39, 0.29) is 0 Å². The van der Waals surface area contributed by atoms with Crippen LogP contribution >= 0.6 is 0 Å². The van der Waals surface area contributed by atoms with E-state index in [1.807, 2.05) is 0 Å². The molecule has 0 N–H and O–H groups in total. The van der Waals surface area contributed by atoms with Crippen LogP contribution in [0.5, 0.6) is 0 Å². The van der Waals surface area contributed by atoms with Gasteiger partial charge in [0.2, 0.25) is 0 Å². The highest BCUT2D eigenvalue weighted by Crippen LogP contribution is 2.24. The topological polar surface area (TPSA) is 3.24 Å². The van der Waals surface area contributed by atoms with Crippen molar-refractivity contribution in [3.05, 3.63) is 60.0 Å². The Labute approximate surface area is 118 Å². The maximum Gasteiger partial charge on any atom is 0.0339 e. The highest BCUT2D eigenvalue weighted by atomic mass is 15.1. The number of allylic oxidation sites excluding steroid dienone is 7. The van der Waals surface area contributed by atoms with E-state index in [0.717, 1.165) is 18.7 Å². The maximum absolute atomic E-state index is 4.13. The average molecular weight is 257 g/mol. The summed E-state index contributed by atoms with van der Waals surface area (Å²) in [4.78, 5) is 2.16. The summed E-state index contributed by atoms with van der Waals surface area (Å²) in [5, 5.41) is 0. The molecule has 104 valence electrons. The summed E-state index contributed by atoms with van der Waals surface area (Å²) < 4.78 is 0. The van der Waals surface area contributed by atoms with Crippen LogP contribution in [0.15, 0.2) is 60.0 Å². The number of likely N-dealkylation sites (N-methyl/N-ethyl adjacent to an activating group) is 1. The maximum atomic E-state index is 4.13. The molecule has 1 atom stereocenters. The van der Waals surface area contributed by atoms with Gasteiger partial charge in [0.1, 0.15) is 0 Å². The van der Waals surface area contributed by atoms with Gasteiger partial charge in [-0.25, -0.2) is 0 Å². The molecule has 0 bridgehead atoms. The van der Waals surface area contributed by atoms with E-state index < -0.39 is 0 Å². The smallest absolute Gasteiger partial charge is 0.0339 e. The fourth-order valence-electron chi connectivity index (χ4n) is 1.98. The molecule has 0 amide bonds. The number of hydrogen-bond acceptors (Lipinski definition) is 1. The predicted octanol–water partition coefficient (Wildman–Crippen LogP) is 5.21. The van der Waals surface area contributed by atoms with Crippen LogP contribution in [-0.2, 0) is 0 Å². The van der Waals surface area contributed by atoms with Gasteiger partial charge >= 0.3 is 0 Å². The Hall–Kier alpha value is -1.50. The van der Waals surface area contributed by atoms with Gasteiger partial charge in [0.25, 0.3) is 0 Å². The van der Waals surface area contributed by atoms with Crippen molar-refractivity contribution in [1.29, 1.82) is 0 Å². The quantitative estimate of drug-likeness (QED) is 0.590. The molecule has 1 nitrogen and oxygen atoms in total. The van der Waals surface area contributed by atoms with Gasteiger partial charge in [0.05, 0.1) is 0 Å². The molecule has 1 rings (SSSR count). The third-order valence-electron chi connectivity index (χ3n) is 3.44. The summed E-state index contributed by atoms with van der Waals surface area (Å²) in [7, 11) is 0. The summed E-state index contributed by atoms with van der Waals surface area (Å²) in [5.74, 6) is 0.600. The molecule has 0 unspecified atom stereocenters. The lowest BCUT2D eigenvalue weighted by Crippen LogP contribution is -2.16. The van der Waals surface area contributed by atoms with Crippen LogP contribution in [0, 0.1) is 5.92 Å². The molecular formula is C18H27N. The summed E-state index contributed by atoms with van der Waals surface area (Å²) in [6.45, 7) is 13.9. The monoisotopic (exact) mass is 257 g/mol. The minimum absolute atomic E-state index is 0.600. The first-order valence-electron chi connectivity index (χ1n) is 7.36. The molecule has 0 radical (unpaired) electrons. The summed E-state index contributed by atoms with van der Waals surface area (Å²) in [6, 6.07) is 0. The van der Waals surface area contributed by atoms with Crippen LogP contribution in [0.2, 0.25) is 0 Å². The fourth-order valence-corrected chi connectivity index (χ4v) is 1.98. The van der Waals surface area contributed by atoms with Crippen molar-refractivity contribution in [3.63, 3.8) is 0 Å². The zero-order valence-corrected chi connectivity index (χ0v) is 12.8. The van der Waals surface area contributed by atoms with Crippen LogP contribution in [-0.4, -0.2) is 11.4 Å². The molecule has 1 heterocycles. The van der Waals surface area contributed by atoms with Gasteiger partial charge in [0.15, 0.2) is 0 Å². The van der Waals surface area contributed by atoms with Crippen LogP contribution in [0.3, 0.4) is 0 Å². The molecule has 1 heteroatoms. The van der Waals surface area contributed by atoms with Crippen LogP contribution in [0.25, 0.3) is 0 Å². The van der Waals surface area contributed by atoms with E-state index in [1.54, 1.807) is 0 Å². The molecule has 0 saturated carbocycles. The van der Waals surface area contributed by atoms with Gasteiger partial charge in [-0.2, -0.15) is 0 Å². The van der Waals surface area contributed by atoms with Gasteiger partial charge in [0, 0.05) is 18.4 Å². The second-order valence-electron chi connectivity index (χ2n) is 5.01. The Kier molecular flexibility index (Phi) is 6.41. The summed E-state index contributed by atoms with van der Waals surface area (Å²) in [5.41, 5.74) is 3.64. The Morgan fingerprint density at radius 3 is 2.63 bits per heavy atom. The first kappa shape index (κ1) is 15.6. The average Bonchev–Trinajstić information content (AvgIpc) is 2.43. The van der Waals surface area contributed by atoms with Crippen molar-refractivity contribution >= 4 is 0 Å². The van der Waals surface area contributed by atoms with Crippen LogP contribution in [0.1, 0.15) is 40.5 Å². The summed E-state index contributed by atoms with van der Waals surface area (Å²) in [6.07, 6.45) is 15.5. The molecular weight excluding hydrogens is 230 g/mol. The van der Waals surface area contributed by atoms with Gasteiger partial charge in [-0.1, -0.05) is 52.0 Å². The molecule has 0 aromatic carbocycles. The molecule has 0 saturated heterocycles. The highest BCUT2D eigenvalue weighted by Gasteiger charge is 2.09. The molecule has 0 spiro atoms. The molecule has 19 heavy (non-hydrogen) atoms. The highest BCUT2D eigenvalue weighted by molar-refractivity contribution is 5.51. The Morgan fingerprint density at radius 1 is 1.37 bits per heavy atom. The van der Waals surface area contributed by atoms with Crippen molar-refractivity contribution in [1.82, 2.24) is 4.90 Å². The molecule has 0 aromatic rings. The number of nitrogens with zero attached hydrogens (tertiary/aromatic N) is 1. The second kappa shape index (κ2) is 7.83. The van der Waals surface area contributed by atoms with E-state index in [9.17, 15) is 0 Å². The number of rotatable bonds is 6.